The molecule has 0 aliphatic carbocycles. The first-order valence-electron chi connectivity index (χ1n) is 4.85. The average molecular weight is 281 g/mol. The van der Waals surface area contributed by atoms with Crippen LogP contribution in [0.2, 0.25) is 0 Å². The topological polar surface area (TPSA) is 52.9 Å². The van der Waals surface area contributed by atoms with Crippen LogP contribution < -0.4 is 5.32 Å². The summed E-state index contributed by atoms with van der Waals surface area (Å²) in [5.74, 6) is -0.295. The summed E-state index contributed by atoms with van der Waals surface area (Å²) in [5.41, 5.74) is 0.669. The van der Waals surface area contributed by atoms with E-state index < -0.39 is 5.41 Å². The van der Waals surface area contributed by atoms with Crippen LogP contribution in [0.25, 0.3) is 0 Å². The second-order valence-electron chi connectivity index (χ2n) is 4.15. The minimum Gasteiger partial charge on any atom is -0.324 e. The minimum atomic E-state index is -1.02. The number of carbonyl (C=O) groups excluding carboxylic acids is 1. The second-order valence-corrected chi connectivity index (χ2v) is 5.07. The Hall–Kier alpha value is -1.34. The summed E-state index contributed by atoms with van der Waals surface area (Å²) in [7, 11) is 0. The lowest BCUT2D eigenvalue weighted by atomic mass is 9.94. The Bertz CT molecular complexity index is 461. The molecule has 1 aromatic carbocycles. The first kappa shape index (κ1) is 12.7. The van der Waals surface area contributed by atoms with Crippen molar-refractivity contribution in [3.8, 4) is 6.07 Å². The van der Waals surface area contributed by atoms with E-state index in [-0.39, 0.29) is 5.91 Å². The van der Waals surface area contributed by atoms with Crippen LogP contribution in [0.5, 0.6) is 0 Å². The number of halogens is 1. The Balaban J connectivity index is 2.94. The van der Waals surface area contributed by atoms with Crippen LogP contribution in [0.4, 0.5) is 5.69 Å². The molecule has 0 bridgehead atoms. The molecule has 0 aliphatic rings. The highest BCUT2D eigenvalue weighted by atomic mass is 79.9. The van der Waals surface area contributed by atoms with E-state index in [4.69, 9.17) is 5.26 Å². The molecule has 0 aliphatic heterocycles. The number of amides is 1. The van der Waals surface area contributed by atoms with Gasteiger partial charge in [0.15, 0.2) is 0 Å². The van der Waals surface area contributed by atoms with Gasteiger partial charge < -0.3 is 5.32 Å². The third kappa shape index (κ3) is 2.83. The number of nitriles is 1. The van der Waals surface area contributed by atoms with Crippen molar-refractivity contribution in [1.82, 2.24) is 0 Å². The molecule has 16 heavy (non-hydrogen) atoms. The van der Waals surface area contributed by atoms with E-state index in [2.05, 4.69) is 21.2 Å². The number of hydrogen-bond acceptors (Lipinski definition) is 2. The van der Waals surface area contributed by atoms with E-state index in [9.17, 15) is 4.79 Å². The molecule has 1 aromatic rings. The SMILES string of the molecule is Cc1ccc(Br)cc1NC(=O)C(C)(C)C#N. The van der Waals surface area contributed by atoms with Gasteiger partial charge in [-0.1, -0.05) is 22.0 Å². The Labute approximate surface area is 104 Å². The number of carbonyl (C=O) groups is 1. The molecule has 1 amide bonds. The molecule has 0 unspecified atom stereocenters. The van der Waals surface area contributed by atoms with Gasteiger partial charge in [-0.15, -0.1) is 0 Å². The quantitative estimate of drug-likeness (QED) is 0.904. The van der Waals surface area contributed by atoms with Crippen LogP contribution in [-0.2, 0) is 4.79 Å². The van der Waals surface area contributed by atoms with Crippen molar-refractivity contribution in [3.05, 3.63) is 28.2 Å². The van der Waals surface area contributed by atoms with Crippen LogP contribution in [-0.4, -0.2) is 5.91 Å². The Morgan fingerprint density at radius 1 is 1.50 bits per heavy atom. The molecule has 0 spiro atoms. The van der Waals surface area contributed by atoms with Crippen LogP contribution in [0.3, 0.4) is 0 Å². The molecule has 0 aromatic heterocycles. The van der Waals surface area contributed by atoms with Crippen molar-refractivity contribution in [2.75, 3.05) is 5.32 Å². The molecule has 0 heterocycles. The summed E-state index contributed by atoms with van der Waals surface area (Å²) in [4.78, 5) is 11.8. The highest BCUT2D eigenvalue weighted by molar-refractivity contribution is 9.10. The third-order valence-corrected chi connectivity index (χ3v) is 2.79. The van der Waals surface area contributed by atoms with Gasteiger partial charge in [0.1, 0.15) is 5.41 Å². The Kier molecular flexibility index (Phi) is 3.71. The molecule has 4 heteroatoms. The molecule has 3 nitrogen and oxygen atoms in total. The lowest BCUT2D eigenvalue weighted by Crippen LogP contribution is -2.29. The van der Waals surface area contributed by atoms with E-state index in [1.165, 1.54) is 0 Å². The normalized spacial score (nSPS) is 10.7. The van der Waals surface area contributed by atoms with Gasteiger partial charge in [-0.25, -0.2) is 0 Å². The van der Waals surface area contributed by atoms with Gasteiger partial charge in [-0.05, 0) is 38.5 Å². The van der Waals surface area contributed by atoms with E-state index in [1.54, 1.807) is 13.8 Å². The lowest BCUT2D eigenvalue weighted by Gasteiger charge is -2.16. The molecule has 0 fully saturated rings. The number of aryl methyl sites for hydroxylation is 1. The van der Waals surface area contributed by atoms with Gasteiger partial charge in [-0.2, -0.15) is 5.26 Å². The fourth-order valence-electron chi connectivity index (χ4n) is 1.06. The van der Waals surface area contributed by atoms with Crippen molar-refractivity contribution in [3.63, 3.8) is 0 Å². The molecule has 0 saturated heterocycles. The van der Waals surface area contributed by atoms with E-state index >= 15 is 0 Å². The average Bonchev–Trinajstić information content (AvgIpc) is 2.23. The van der Waals surface area contributed by atoms with Crippen molar-refractivity contribution in [1.29, 1.82) is 5.26 Å². The number of benzene rings is 1. The zero-order valence-electron chi connectivity index (χ0n) is 9.47. The summed E-state index contributed by atoms with van der Waals surface area (Å²) < 4.78 is 0.892. The predicted octanol–water partition coefficient (Wildman–Crippen LogP) is 3.25. The first-order valence-corrected chi connectivity index (χ1v) is 5.65. The molecule has 0 saturated carbocycles. The van der Waals surface area contributed by atoms with Crippen molar-refractivity contribution >= 4 is 27.5 Å². The number of nitrogens with zero attached hydrogens (tertiary/aromatic N) is 1. The van der Waals surface area contributed by atoms with Crippen molar-refractivity contribution < 1.29 is 4.79 Å². The third-order valence-electron chi connectivity index (χ3n) is 2.29. The highest BCUT2D eigenvalue weighted by Crippen LogP contribution is 2.23. The summed E-state index contributed by atoms with van der Waals surface area (Å²) in [6.07, 6.45) is 0. The van der Waals surface area contributed by atoms with Gasteiger partial charge >= 0.3 is 0 Å². The Morgan fingerprint density at radius 3 is 2.69 bits per heavy atom. The van der Waals surface area contributed by atoms with E-state index in [0.29, 0.717) is 0 Å². The smallest absolute Gasteiger partial charge is 0.244 e. The minimum absolute atomic E-state index is 0.295. The van der Waals surface area contributed by atoms with E-state index in [1.807, 2.05) is 31.2 Å². The molecule has 0 atom stereocenters. The maximum Gasteiger partial charge on any atom is 0.244 e. The largest absolute Gasteiger partial charge is 0.324 e. The number of hydrogen-bond donors (Lipinski definition) is 1. The monoisotopic (exact) mass is 280 g/mol. The van der Waals surface area contributed by atoms with Gasteiger partial charge in [0.25, 0.3) is 0 Å². The van der Waals surface area contributed by atoms with Crippen LogP contribution >= 0.6 is 15.9 Å². The maximum absolute atomic E-state index is 11.8. The maximum atomic E-state index is 11.8. The number of nitrogens with one attached hydrogen (secondary N) is 1. The van der Waals surface area contributed by atoms with Crippen LogP contribution in [0, 0.1) is 23.7 Å². The lowest BCUT2D eigenvalue weighted by molar-refractivity contribution is -0.121. The zero-order valence-corrected chi connectivity index (χ0v) is 11.1. The zero-order chi connectivity index (χ0) is 12.3. The number of rotatable bonds is 2. The van der Waals surface area contributed by atoms with Crippen molar-refractivity contribution in [2.24, 2.45) is 5.41 Å². The summed E-state index contributed by atoms with van der Waals surface area (Å²) in [5, 5.41) is 11.6. The fraction of sp³-hybridized carbons (Fsp3) is 0.333. The number of anilines is 1. The van der Waals surface area contributed by atoms with Gasteiger partial charge in [0.2, 0.25) is 5.91 Å². The highest BCUT2D eigenvalue weighted by Gasteiger charge is 2.27. The molecular weight excluding hydrogens is 268 g/mol. The molecule has 1 rings (SSSR count). The summed E-state index contributed by atoms with van der Waals surface area (Å²) in [6.45, 7) is 5.09. The van der Waals surface area contributed by atoms with Gasteiger partial charge in [0.05, 0.1) is 6.07 Å². The Morgan fingerprint density at radius 2 is 2.12 bits per heavy atom. The first-order chi connectivity index (χ1) is 7.36. The van der Waals surface area contributed by atoms with Crippen molar-refractivity contribution in [2.45, 2.75) is 20.8 Å². The molecule has 84 valence electrons. The standard InChI is InChI=1S/C12H13BrN2O/c1-8-4-5-9(13)6-10(8)15-11(16)12(2,3)7-14/h4-6H,1-3H3,(H,15,16). The predicted molar refractivity (Wildman–Crippen MR) is 66.9 cm³/mol. The van der Waals surface area contributed by atoms with Gasteiger partial charge in [0, 0.05) is 10.2 Å². The second kappa shape index (κ2) is 4.67. The summed E-state index contributed by atoms with van der Waals surface area (Å²) >= 11 is 3.34. The van der Waals surface area contributed by atoms with Crippen LogP contribution in [0.1, 0.15) is 19.4 Å². The molecule has 1 N–H and O–H groups in total. The fourth-order valence-corrected chi connectivity index (χ4v) is 1.42. The van der Waals surface area contributed by atoms with Gasteiger partial charge in [-0.3, -0.25) is 4.79 Å². The van der Waals surface area contributed by atoms with E-state index in [0.717, 1.165) is 15.7 Å². The molecule has 0 radical (unpaired) electrons. The molecular formula is C12H13BrN2O. The van der Waals surface area contributed by atoms with Crippen LogP contribution in [0.15, 0.2) is 22.7 Å². The summed E-state index contributed by atoms with van der Waals surface area (Å²) in [6, 6.07) is 7.60.